The first-order chi connectivity index (χ1) is 49.7. The van der Waals surface area contributed by atoms with Gasteiger partial charge in [-0.25, -0.2) is 23.5 Å². The van der Waals surface area contributed by atoms with Crippen molar-refractivity contribution in [3.8, 4) is 11.8 Å². The van der Waals surface area contributed by atoms with Crippen LogP contribution in [0.4, 0.5) is 22.1 Å². The predicted molar refractivity (Wildman–Crippen MR) is 411 cm³/mol. The number of para-hydroxylation sites is 1. The second-order valence-electron chi connectivity index (χ2n) is 26.8. The molecule has 28 nitrogen and oxygen atoms in total. The molecule has 105 heavy (non-hydrogen) atoms. The number of likely N-dealkylation sites (N-methyl/N-ethyl adjacent to an activating group) is 1. The number of nitrogens with zero attached hydrogens (tertiary/aromatic N) is 3. The number of phosphoric acid groups is 3. The first kappa shape index (κ1) is 87.0. The third-order valence-corrected chi connectivity index (χ3v) is 25.0. The molecule has 1 aliphatic carbocycles. The Morgan fingerprint density at radius 3 is 2.35 bits per heavy atom. The van der Waals surface area contributed by atoms with Gasteiger partial charge in [-0.3, -0.25) is 23.9 Å². The van der Waals surface area contributed by atoms with E-state index >= 15 is 0 Å². The highest BCUT2D eigenvalue weighted by molar-refractivity contribution is 8.77. The number of aromatic nitrogens is 2. The van der Waals surface area contributed by atoms with Crippen molar-refractivity contribution in [2.45, 2.75) is 159 Å². The minimum Gasteiger partial charge on any atom is -0.466 e. The van der Waals surface area contributed by atoms with Gasteiger partial charge < -0.3 is 74.0 Å². The lowest BCUT2D eigenvalue weighted by Crippen LogP contribution is -2.30. The van der Waals surface area contributed by atoms with Gasteiger partial charge in [0, 0.05) is 103 Å². The Balaban J connectivity index is 0.678. The molecule has 7 atom stereocenters. The van der Waals surface area contributed by atoms with E-state index in [1.165, 1.54) is 39.5 Å². The number of nitrogen functional groups attached to an aromatic ring is 1. The number of aromatic amines is 1. The molecule has 1 fully saturated rings. The van der Waals surface area contributed by atoms with E-state index in [1.54, 1.807) is 33.9 Å². The van der Waals surface area contributed by atoms with Crippen molar-refractivity contribution in [3.63, 3.8) is 0 Å². The molecule has 4 aliphatic rings. The summed E-state index contributed by atoms with van der Waals surface area (Å²) in [6, 6.07) is 15.4. The number of H-pyrrole nitrogens is 1. The fraction of sp³-hybridized carbons (Fsp3) is 0.571. The molecule has 3 aromatic rings. The highest BCUT2D eigenvalue weighted by Crippen LogP contribution is 2.66. The molecule has 0 saturated carbocycles. The summed E-state index contributed by atoms with van der Waals surface area (Å²) in [7, 11) is -14.4. The van der Waals surface area contributed by atoms with E-state index in [9.17, 15) is 42.7 Å². The van der Waals surface area contributed by atoms with E-state index in [1.807, 2.05) is 0 Å². The topological polar surface area (TPSA) is 378 Å². The first-order valence-corrected chi connectivity index (χ1v) is 44.3. The van der Waals surface area contributed by atoms with E-state index in [4.69, 9.17) is 64.4 Å². The van der Waals surface area contributed by atoms with Crippen molar-refractivity contribution >= 4 is 112 Å². The number of hydrogen-bond donors (Lipinski definition) is 8. The molecule has 4 unspecified atom stereocenters. The van der Waals surface area contributed by atoms with E-state index in [2.05, 4.69) is 179 Å². The summed E-state index contributed by atoms with van der Waals surface area (Å²) in [6.07, 6.45) is 16.1. The molecule has 1 saturated heterocycles. The molecule has 35 heteroatoms. The lowest BCUT2D eigenvalue weighted by atomic mass is 9.81. The normalized spacial score (nSPS) is 20.0. The zero-order valence-corrected chi connectivity index (χ0v) is 66.9. The van der Waals surface area contributed by atoms with E-state index in [0.29, 0.717) is 64.6 Å². The predicted octanol–water partition coefficient (Wildman–Crippen LogP) is 10.7. The standard InChI is InChI=1S/C70H100N7O21P3S4/c1-10-76-54-25-18-17-24-52(54)69(5,6)59(76)26-13-11-14-27-60-70(7,8)53-43-49(2)30-31-55(53)77(60)35-20-12-15-28-61(78)72-33-39-89-41-42-90-40-34-73-67(81)93-38-32-68(3,4)104-103-47-91-36-21-22-37-92-62(79)29-19-16-23-50-44-51(64-63(50)65(80)75-66(71)74-64)56-45-57(94-48-105(9)102)58(96-56)46-95-100(85,86)98-101(87,88)97-99(82,83)84/h11,13-14,17-18,24-27,30-31,43-44,51,56-58H,10,12,15,19-22,28-29,32-42,45-48H2,1-9H3,(H8-,71,72,73,74,75,78,80,81,82,83,84,85,86,87,88)/p+1/t51?,56-,57+,58-,105?/m1/s1. The summed E-state index contributed by atoms with van der Waals surface area (Å²) >= 11 is 5.24. The maximum absolute atomic E-state index is 13.2. The zero-order chi connectivity index (χ0) is 76.6. The third kappa shape index (κ3) is 27.4. The SMILES string of the molecule is CCN1\C(=C/C=C/C=C/C2=[N+](CCCCCC(=O)NCCOCCOCCNC(=O)OCCC(C)(C)SSCOCCCCOC(=O)CCC#CC3=CC([C@H]4C[C@H](OCS(C)=S)[C@@H](COP(=O)(O)OP(=O)(O)OP(=O)(O)O)O4)c4nc(N)[nH]c(=O)c43)c3ccc(C)cc3C2(C)C)C(C)(C)c2ccccc21. The molecule has 2 aromatic carbocycles. The van der Waals surface area contributed by atoms with Gasteiger partial charge in [0.25, 0.3) is 5.56 Å². The summed E-state index contributed by atoms with van der Waals surface area (Å²) in [5.74, 6) is 4.91. The Morgan fingerprint density at radius 2 is 1.62 bits per heavy atom. The number of benzene rings is 2. The molecule has 7 rings (SSSR count). The van der Waals surface area contributed by atoms with E-state index < -0.39 is 81.4 Å². The lowest BCUT2D eigenvalue weighted by molar-refractivity contribution is -0.438. The number of aryl methyl sites for hydroxylation is 1. The molecule has 0 bridgehead atoms. The van der Waals surface area contributed by atoms with Gasteiger partial charge in [0.15, 0.2) is 5.71 Å². The number of ether oxygens (including phenoxy) is 7. The Labute approximate surface area is 629 Å². The van der Waals surface area contributed by atoms with Gasteiger partial charge in [-0.15, -0.1) is 0 Å². The minimum absolute atomic E-state index is 0.00681. The molecular formula is C70H101N7O21P3S4+. The van der Waals surface area contributed by atoms with Gasteiger partial charge in [-0.05, 0) is 115 Å². The molecule has 4 heterocycles. The number of unbranched alkanes of at least 4 members (excludes halogenated alkanes) is 3. The molecule has 0 radical (unpaired) electrons. The van der Waals surface area contributed by atoms with Gasteiger partial charge in [0.2, 0.25) is 17.5 Å². The van der Waals surface area contributed by atoms with Gasteiger partial charge in [-0.2, -0.15) is 13.2 Å². The minimum atomic E-state index is -5.78. The quantitative estimate of drug-likeness (QED) is 0.00381. The number of phosphoric ester groups is 1. The highest BCUT2D eigenvalue weighted by atomic mass is 33.1. The van der Waals surface area contributed by atoms with Gasteiger partial charge in [0.1, 0.15) is 18.6 Å². The van der Waals surface area contributed by atoms with Crippen LogP contribution in [0, 0.1) is 18.8 Å². The maximum Gasteiger partial charge on any atom is 0.490 e. The van der Waals surface area contributed by atoms with Crippen molar-refractivity contribution in [1.82, 2.24) is 20.6 Å². The molecule has 580 valence electrons. The summed E-state index contributed by atoms with van der Waals surface area (Å²) in [4.78, 5) is 97.4. The van der Waals surface area contributed by atoms with E-state index in [0.717, 1.165) is 32.4 Å². The van der Waals surface area contributed by atoms with Crippen LogP contribution >= 0.6 is 45.1 Å². The van der Waals surface area contributed by atoms with Crippen LogP contribution in [0.1, 0.15) is 147 Å². The Hall–Kier alpha value is -5.20. The highest BCUT2D eigenvalue weighted by Gasteiger charge is 2.48. The molecule has 3 aliphatic heterocycles. The van der Waals surface area contributed by atoms with Crippen LogP contribution in [0.15, 0.2) is 89.4 Å². The number of allylic oxidation sites excluding steroid dienone is 7. The molecule has 9 N–H and O–H groups in total. The molecule has 1 aromatic heterocycles. The number of fused-ring (bicyclic) bond motifs is 3. The number of alkyl carbamates (subject to hydrolysis) is 1. The number of amides is 2. The summed E-state index contributed by atoms with van der Waals surface area (Å²) in [6.45, 7) is 21.5. The fourth-order valence-electron chi connectivity index (χ4n) is 12.3. The summed E-state index contributed by atoms with van der Waals surface area (Å²) in [5.41, 5.74) is 14.7. The van der Waals surface area contributed by atoms with Crippen LogP contribution in [0.5, 0.6) is 0 Å². The van der Waals surface area contributed by atoms with Crippen molar-refractivity contribution in [2.24, 2.45) is 0 Å². The average molecular weight is 1600 g/mol. The van der Waals surface area contributed by atoms with Crippen LogP contribution in [-0.2, 0) is 101 Å². The van der Waals surface area contributed by atoms with Gasteiger partial charge in [0.05, 0.1) is 87.5 Å². The second kappa shape index (κ2) is 41.0. The average Bonchev–Trinajstić information content (AvgIpc) is 1.60. The second-order valence-corrected chi connectivity index (χ2v) is 37.3. The monoisotopic (exact) mass is 1600 g/mol. The number of anilines is 2. The Kier molecular flexibility index (Phi) is 34.0. The summed E-state index contributed by atoms with van der Waals surface area (Å²) in [5, 5.41) is 5.66. The zero-order valence-electron chi connectivity index (χ0n) is 60.9. The van der Waals surface area contributed by atoms with Crippen molar-refractivity contribution in [1.29, 1.82) is 0 Å². The van der Waals surface area contributed by atoms with Crippen LogP contribution in [0.2, 0.25) is 0 Å². The smallest absolute Gasteiger partial charge is 0.466 e. The maximum atomic E-state index is 13.2. The first-order valence-electron chi connectivity index (χ1n) is 34.7. The number of carbonyl (C=O) groups is 3. The van der Waals surface area contributed by atoms with Crippen molar-refractivity contribution < 1.29 is 98.5 Å². The van der Waals surface area contributed by atoms with Crippen LogP contribution in [-0.4, -0.2) is 178 Å². The number of nitrogens with one attached hydrogen (secondary N) is 3. The van der Waals surface area contributed by atoms with Crippen LogP contribution < -0.4 is 26.8 Å². The van der Waals surface area contributed by atoms with Crippen LogP contribution in [0.25, 0.3) is 5.57 Å². The lowest BCUT2D eigenvalue weighted by Gasteiger charge is -2.25. The van der Waals surface area contributed by atoms with Crippen molar-refractivity contribution in [3.05, 3.63) is 123 Å². The number of carbonyl (C=O) groups excluding carboxylic acids is 3. The van der Waals surface area contributed by atoms with E-state index in [-0.39, 0.29) is 95.8 Å². The largest absolute Gasteiger partial charge is 0.490 e. The Morgan fingerprint density at radius 1 is 0.886 bits per heavy atom. The van der Waals surface area contributed by atoms with Gasteiger partial charge >= 0.3 is 35.5 Å². The number of esters is 1. The Bertz CT molecular complexity index is 3960. The molecule has 2 amide bonds. The fourth-order valence-corrected chi connectivity index (χ4v) is 18.2. The van der Waals surface area contributed by atoms with Crippen molar-refractivity contribution in [2.75, 3.05) is 108 Å². The van der Waals surface area contributed by atoms with Crippen LogP contribution in [0.3, 0.4) is 0 Å². The summed E-state index contributed by atoms with van der Waals surface area (Å²) < 4.78 is 90.0. The third-order valence-electron chi connectivity index (χ3n) is 17.4. The number of hydrogen-bond acceptors (Lipinski definition) is 23. The molecular weight excluding hydrogens is 1500 g/mol. The molecule has 0 spiro atoms. The number of rotatable bonds is 44. The number of nitrogens with two attached hydrogens (primary N) is 1. The van der Waals surface area contributed by atoms with Gasteiger partial charge in [-0.1, -0.05) is 111 Å².